The maximum absolute atomic E-state index is 13.1. The van der Waals surface area contributed by atoms with Crippen molar-refractivity contribution in [1.29, 1.82) is 0 Å². The second-order valence-electron chi connectivity index (χ2n) is 9.57. The van der Waals surface area contributed by atoms with E-state index in [1.165, 1.54) is 16.0 Å². The van der Waals surface area contributed by atoms with Gasteiger partial charge in [0.15, 0.2) is 9.84 Å². The smallest absolute Gasteiger partial charge is 0.226 e. The number of anilines is 1. The van der Waals surface area contributed by atoms with Gasteiger partial charge in [-0.15, -0.1) is 22.7 Å². The molecule has 1 aliphatic heterocycles. The second kappa shape index (κ2) is 11.0. The summed E-state index contributed by atoms with van der Waals surface area (Å²) in [7, 11) is -3.54. The highest BCUT2D eigenvalue weighted by Crippen LogP contribution is 2.45. The zero-order chi connectivity index (χ0) is 26.8. The van der Waals surface area contributed by atoms with Gasteiger partial charge in [0, 0.05) is 36.5 Å². The number of benzene rings is 3. The third-order valence-corrected chi connectivity index (χ3v) is 10.8. The summed E-state index contributed by atoms with van der Waals surface area (Å²) < 4.78 is 26.6. The van der Waals surface area contributed by atoms with Crippen LogP contribution in [0.5, 0.6) is 0 Å². The van der Waals surface area contributed by atoms with E-state index in [1.54, 1.807) is 53.0 Å². The van der Waals surface area contributed by atoms with Crippen LogP contribution in [0.25, 0.3) is 20.8 Å². The van der Waals surface area contributed by atoms with E-state index in [4.69, 9.17) is 4.98 Å². The van der Waals surface area contributed by atoms with Crippen molar-refractivity contribution in [2.24, 2.45) is 0 Å². The van der Waals surface area contributed by atoms with Crippen LogP contribution in [0.3, 0.4) is 0 Å². The molecule has 0 radical (unpaired) electrons. The molecule has 0 unspecified atom stereocenters. The van der Waals surface area contributed by atoms with Crippen LogP contribution < -0.4 is 5.32 Å². The van der Waals surface area contributed by atoms with Crippen LogP contribution in [0.4, 0.5) is 5.00 Å². The lowest BCUT2D eigenvalue weighted by Crippen LogP contribution is -2.29. The fourth-order valence-electron chi connectivity index (χ4n) is 4.89. The number of nitrogens with zero attached hydrogens (tertiary/aromatic N) is 2. The van der Waals surface area contributed by atoms with E-state index in [0.29, 0.717) is 0 Å². The summed E-state index contributed by atoms with van der Waals surface area (Å²) in [6.45, 7) is 2.58. The Morgan fingerprint density at radius 3 is 2.41 bits per heavy atom. The highest BCUT2D eigenvalue weighted by Gasteiger charge is 2.28. The molecule has 0 aliphatic carbocycles. The fourth-order valence-corrected chi connectivity index (χ4v) is 8.57. The lowest BCUT2D eigenvalue weighted by molar-refractivity contribution is -0.115. The molecule has 0 saturated heterocycles. The fraction of sp³-hybridized carbons (Fsp3) is 0.200. The van der Waals surface area contributed by atoms with Crippen molar-refractivity contribution in [2.45, 2.75) is 30.8 Å². The standard InChI is InChI=1S/C30H27N3O3S3/c34-27(16-18-39(35,36)22-11-5-2-6-12-22)32-30-28(29-31-24-13-7-8-14-25(24)37-29)23-15-17-33(20-26(23)38-30)19-21-9-3-1-4-10-21/h1-14H,15-20H2,(H,32,34). The SMILES string of the molecule is O=C(CCS(=O)(=O)c1ccccc1)Nc1sc2c(c1-c1nc3ccccc3s1)CCN(Cc1ccccc1)C2. The molecule has 6 rings (SSSR count). The summed E-state index contributed by atoms with van der Waals surface area (Å²) in [5, 5.41) is 4.70. The molecule has 1 N–H and O–H groups in total. The molecule has 0 atom stereocenters. The Labute approximate surface area is 235 Å². The molecule has 1 aliphatic rings. The largest absolute Gasteiger partial charge is 0.317 e. The van der Waals surface area contributed by atoms with E-state index in [-0.39, 0.29) is 23.0 Å². The number of thiophene rings is 1. The Balaban J connectivity index is 1.27. The first-order valence-corrected chi connectivity index (χ1v) is 16.1. The molecule has 0 spiro atoms. The van der Waals surface area contributed by atoms with Crippen molar-refractivity contribution < 1.29 is 13.2 Å². The summed E-state index contributed by atoms with van der Waals surface area (Å²) in [5.41, 5.74) is 4.42. The van der Waals surface area contributed by atoms with Crippen molar-refractivity contribution in [3.8, 4) is 10.6 Å². The minimum absolute atomic E-state index is 0.112. The Kier molecular flexibility index (Phi) is 7.31. The third kappa shape index (κ3) is 5.67. The molecule has 0 saturated carbocycles. The highest BCUT2D eigenvalue weighted by atomic mass is 32.2. The number of rotatable bonds is 8. The van der Waals surface area contributed by atoms with Crippen LogP contribution in [-0.2, 0) is 34.1 Å². The number of hydrogen-bond acceptors (Lipinski definition) is 7. The van der Waals surface area contributed by atoms with Crippen LogP contribution in [0.1, 0.15) is 22.4 Å². The number of sulfone groups is 1. The molecule has 3 aromatic carbocycles. The van der Waals surface area contributed by atoms with Gasteiger partial charge in [-0.1, -0.05) is 60.7 Å². The maximum atomic E-state index is 13.1. The number of nitrogens with one attached hydrogen (secondary N) is 1. The van der Waals surface area contributed by atoms with Gasteiger partial charge >= 0.3 is 0 Å². The predicted molar refractivity (Wildman–Crippen MR) is 159 cm³/mol. The molecule has 0 fully saturated rings. The normalized spacial score (nSPS) is 13.8. The average molecular weight is 574 g/mol. The zero-order valence-corrected chi connectivity index (χ0v) is 23.6. The Morgan fingerprint density at radius 2 is 1.64 bits per heavy atom. The molecule has 9 heteroatoms. The van der Waals surface area contributed by atoms with Gasteiger partial charge in [0.25, 0.3) is 0 Å². The van der Waals surface area contributed by atoms with E-state index < -0.39 is 9.84 Å². The number of thiazole rings is 1. The van der Waals surface area contributed by atoms with Gasteiger partial charge in [0.2, 0.25) is 5.91 Å². The van der Waals surface area contributed by atoms with Gasteiger partial charge < -0.3 is 5.32 Å². The highest BCUT2D eigenvalue weighted by molar-refractivity contribution is 7.91. The number of hydrogen-bond donors (Lipinski definition) is 1. The molecular formula is C30H27N3O3S3. The van der Waals surface area contributed by atoms with E-state index in [2.05, 4.69) is 40.5 Å². The quantitative estimate of drug-likeness (QED) is 0.233. The molecule has 6 nitrogen and oxygen atoms in total. The molecule has 3 heterocycles. The number of carbonyl (C=O) groups is 1. The summed E-state index contributed by atoms with van der Waals surface area (Å²) in [4.78, 5) is 21.9. The van der Waals surface area contributed by atoms with Crippen LogP contribution in [0.2, 0.25) is 0 Å². The summed E-state index contributed by atoms with van der Waals surface area (Å²) in [6, 6.07) is 26.8. The van der Waals surface area contributed by atoms with Crippen LogP contribution in [-0.4, -0.2) is 36.5 Å². The summed E-state index contributed by atoms with van der Waals surface area (Å²) in [6.07, 6.45) is 0.751. The first-order valence-electron chi connectivity index (χ1n) is 12.8. The lowest BCUT2D eigenvalue weighted by atomic mass is 10.0. The molecule has 198 valence electrons. The van der Waals surface area contributed by atoms with Gasteiger partial charge in [-0.05, 0) is 41.8 Å². The van der Waals surface area contributed by atoms with Gasteiger partial charge in [0.1, 0.15) is 10.0 Å². The van der Waals surface area contributed by atoms with Crippen molar-refractivity contribution in [1.82, 2.24) is 9.88 Å². The van der Waals surface area contributed by atoms with Crippen LogP contribution in [0, 0.1) is 0 Å². The molecule has 1 amide bonds. The number of carbonyl (C=O) groups excluding carboxylic acids is 1. The van der Waals surface area contributed by atoms with E-state index >= 15 is 0 Å². The Morgan fingerprint density at radius 1 is 0.923 bits per heavy atom. The van der Waals surface area contributed by atoms with Crippen LogP contribution >= 0.6 is 22.7 Å². The third-order valence-electron chi connectivity index (χ3n) is 6.85. The molecular weight excluding hydrogens is 547 g/mol. The van der Waals surface area contributed by atoms with Gasteiger partial charge in [-0.3, -0.25) is 9.69 Å². The number of amides is 1. The first-order chi connectivity index (χ1) is 19.0. The summed E-state index contributed by atoms with van der Waals surface area (Å²) >= 11 is 3.20. The van der Waals surface area contributed by atoms with E-state index in [0.717, 1.165) is 51.8 Å². The lowest BCUT2D eigenvalue weighted by Gasteiger charge is -2.27. The maximum Gasteiger partial charge on any atom is 0.226 e. The number of aromatic nitrogens is 1. The zero-order valence-electron chi connectivity index (χ0n) is 21.2. The Bertz CT molecular complexity index is 1700. The van der Waals surface area contributed by atoms with Crippen molar-refractivity contribution in [3.05, 3.63) is 101 Å². The summed E-state index contributed by atoms with van der Waals surface area (Å²) in [5.74, 6) is -0.550. The minimum atomic E-state index is -3.54. The Hall–Kier alpha value is -3.37. The van der Waals surface area contributed by atoms with Crippen molar-refractivity contribution in [2.75, 3.05) is 17.6 Å². The van der Waals surface area contributed by atoms with Gasteiger partial charge in [0.05, 0.1) is 20.9 Å². The monoisotopic (exact) mass is 573 g/mol. The molecule has 0 bridgehead atoms. The van der Waals surface area contributed by atoms with Crippen molar-refractivity contribution in [3.63, 3.8) is 0 Å². The predicted octanol–water partition coefficient (Wildman–Crippen LogP) is 6.39. The average Bonchev–Trinajstić information content (AvgIpc) is 3.53. The van der Waals surface area contributed by atoms with E-state index in [1.807, 2.05) is 24.3 Å². The number of fused-ring (bicyclic) bond motifs is 2. The van der Waals surface area contributed by atoms with E-state index in [9.17, 15) is 13.2 Å². The topological polar surface area (TPSA) is 79.4 Å². The first kappa shape index (κ1) is 25.9. The molecule has 2 aromatic heterocycles. The number of para-hydroxylation sites is 1. The molecule has 5 aromatic rings. The molecule has 39 heavy (non-hydrogen) atoms. The second-order valence-corrected chi connectivity index (χ2v) is 13.8. The van der Waals surface area contributed by atoms with Crippen molar-refractivity contribution >= 4 is 53.6 Å². The van der Waals surface area contributed by atoms with Gasteiger partial charge in [-0.2, -0.15) is 0 Å². The minimum Gasteiger partial charge on any atom is -0.317 e. The van der Waals surface area contributed by atoms with Gasteiger partial charge in [-0.25, -0.2) is 13.4 Å². The van der Waals surface area contributed by atoms with Crippen LogP contribution in [0.15, 0.2) is 89.8 Å².